The average molecular weight is 403 g/mol. The number of aromatic nitrogens is 2. The molecule has 0 bridgehead atoms. The van der Waals surface area contributed by atoms with Crippen molar-refractivity contribution in [2.75, 3.05) is 14.2 Å². The van der Waals surface area contributed by atoms with Crippen molar-refractivity contribution in [1.82, 2.24) is 15.1 Å². The highest BCUT2D eigenvalue weighted by molar-refractivity contribution is 9.11. The van der Waals surface area contributed by atoms with E-state index in [4.69, 9.17) is 4.74 Å². The second-order valence-electron chi connectivity index (χ2n) is 4.30. The van der Waals surface area contributed by atoms with E-state index in [2.05, 4.69) is 55.3 Å². The molecule has 6 heteroatoms. The van der Waals surface area contributed by atoms with Crippen molar-refractivity contribution in [3.8, 4) is 5.75 Å². The molecule has 0 amide bonds. The van der Waals surface area contributed by atoms with Crippen LogP contribution >= 0.6 is 31.9 Å². The molecule has 1 N–H and O–H groups in total. The largest absolute Gasteiger partial charge is 0.493 e. The number of methoxy groups -OCH3 is 1. The number of ether oxygens (including phenoxy) is 1. The first-order valence-electron chi connectivity index (χ1n) is 6.34. The highest BCUT2D eigenvalue weighted by Gasteiger charge is 2.23. The maximum Gasteiger partial charge on any atom is 0.161 e. The molecule has 0 saturated heterocycles. The predicted octanol–water partition coefficient (Wildman–Crippen LogP) is 3.75. The quantitative estimate of drug-likeness (QED) is 0.827. The highest BCUT2D eigenvalue weighted by atomic mass is 79.9. The Balaban J connectivity index is 2.54. The zero-order valence-electron chi connectivity index (χ0n) is 11.7. The van der Waals surface area contributed by atoms with Crippen molar-refractivity contribution in [2.24, 2.45) is 0 Å². The second kappa shape index (κ2) is 6.74. The summed E-state index contributed by atoms with van der Waals surface area (Å²) in [6.45, 7) is 2.87. The Kier molecular flexibility index (Phi) is 5.23. The summed E-state index contributed by atoms with van der Waals surface area (Å²) < 4.78 is 9.48. The van der Waals surface area contributed by atoms with Crippen LogP contribution in [-0.4, -0.2) is 23.9 Å². The summed E-state index contributed by atoms with van der Waals surface area (Å²) in [5.41, 5.74) is 2.17. The molecule has 108 valence electrons. The van der Waals surface area contributed by atoms with Gasteiger partial charge in [-0.2, -0.15) is 5.10 Å². The summed E-state index contributed by atoms with van der Waals surface area (Å²) in [5.74, 6) is 0.793. The molecule has 1 heterocycles. The number of hydrogen-bond donors (Lipinski definition) is 1. The molecule has 0 aliphatic rings. The van der Waals surface area contributed by atoms with Gasteiger partial charge in [0.1, 0.15) is 5.69 Å². The molecule has 4 nitrogen and oxygen atoms in total. The van der Waals surface area contributed by atoms with Crippen LogP contribution in [0.1, 0.15) is 24.2 Å². The minimum Gasteiger partial charge on any atom is -0.493 e. The molecule has 0 fully saturated rings. The van der Waals surface area contributed by atoms with Crippen LogP contribution in [-0.2, 0) is 6.54 Å². The maximum atomic E-state index is 5.45. The van der Waals surface area contributed by atoms with E-state index < -0.39 is 0 Å². The van der Waals surface area contributed by atoms with E-state index in [0.717, 1.165) is 32.5 Å². The van der Waals surface area contributed by atoms with Crippen LogP contribution in [0, 0.1) is 0 Å². The van der Waals surface area contributed by atoms with Crippen LogP contribution in [0.4, 0.5) is 0 Å². The zero-order chi connectivity index (χ0) is 14.7. The van der Waals surface area contributed by atoms with Crippen molar-refractivity contribution in [1.29, 1.82) is 0 Å². The third kappa shape index (κ3) is 2.92. The molecule has 2 rings (SSSR count). The Bertz CT molecular complexity index is 577. The van der Waals surface area contributed by atoms with E-state index in [0.29, 0.717) is 0 Å². The number of rotatable bonds is 5. The average Bonchev–Trinajstić information content (AvgIpc) is 2.85. The minimum absolute atomic E-state index is 0.00914. The molecular formula is C14H17Br2N3O. The van der Waals surface area contributed by atoms with Gasteiger partial charge >= 0.3 is 0 Å². The standard InChI is InChI=1S/C14H17Br2N3O/c1-4-19-14(12(20-3)8-18-19)13(17-2)10-6-5-9(15)7-11(10)16/h5-8,13,17H,4H2,1-3H3. The lowest BCUT2D eigenvalue weighted by atomic mass is 10.0. The number of nitrogens with one attached hydrogen (secondary N) is 1. The number of halogens is 2. The van der Waals surface area contributed by atoms with Gasteiger partial charge in [-0.1, -0.05) is 37.9 Å². The summed E-state index contributed by atoms with van der Waals surface area (Å²) >= 11 is 7.11. The van der Waals surface area contributed by atoms with Crippen LogP contribution in [0.5, 0.6) is 5.75 Å². The maximum absolute atomic E-state index is 5.45. The molecule has 1 aromatic carbocycles. The Labute approximate surface area is 135 Å². The molecule has 0 aliphatic carbocycles. The molecule has 1 aromatic heterocycles. The van der Waals surface area contributed by atoms with Crippen molar-refractivity contribution < 1.29 is 4.74 Å². The summed E-state index contributed by atoms with van der Waals surface area (Å²) in [5, 5.41) is 7.72. The van der Waals surface area contributed by atoms with Gasteiger partial charge in [0.25, 0.3) is 0 Å². The van der Waals surface area contributed by atoms with Gasteiger partial charge in [0.2, 0.25) is 0 Å². The Morgan fingerprint density at radius 2 is 2.15 bits per heavy atom. The molecule has 1 atom stereocenters. The molecule has 2 aromatic rings. The van der Waals surface area contributed by atoms with Crippen LogP contribution in [0.25, 0.3) is 0 Å². The van der Waals surface area contributed by atoms with Crippen LogP contribution < -0.4 is 10.1 Å². The fourth-order valence-corrected chi connectivity index (χ4v) is 3.53. The Hall–Kier alpha value is -0.850. The molecular weight excluding hydrogens is 386 g/mol. The van der Waals surface area contributed by atoms with Crippen LogP contribution in [0.15, 0.2) is 33.3 Å². The lowest BCUT2D eigenvalue weighted by molar-refractivity contribution is 0.401. The Morgan fingerprint density at radius 3 is 2.70 bits per heavy atom. The normalized spacial score (nSPS) is 12.4. The Morgan fingerprint density at radius 1 is 1.40 bits per heavy atom. The summed E-state index contributed by atoms with van der Waals surface area (Å²) in [4.78, 5) is 0. The summed E-state index contributed by atoms with van der Waals surface area (Å²) in [7, 11) is 3.61. The van der Waals surface area contributed by atoms with E-state index in [1.807, 2.05) is 23.9 Å². The lowest BCUT2D eigenvalue weighted by Crippen LogP contribution is -2.22. The van der Waals surface area contributed by atoms with Gasteiger partial charge in [0, 0.05) is 15.5 Å². The molecule has 1 unspecified atom stereocenters. The summed E-state index contributed by atoms with van der Waals surface area (Å²) in [6.07, 6.45) is 1.76. The van der Waals surface area contributed by atoms with Gasteiger partial charge in [0.05, 0.1) is 19.3 Å². The molecule has 0 saturated carbocycles. The molecule has 0 aliphatic heterocycles. The van der Waals surface area contributed by atoms with Crippen LogP contribution in [0.2, 0.25) is 0 Å². The van der Waals surface area contributed by atoms with E-state index in [1.54, 1.807) is 13.3 Å². The molecule has 0 spiro atoms. The first-order valence-corrected chi connectivity index (χ1v) is 7.92. The summed E-state index contributed by atoms with van der Waals surface area (Å²) in [6, 6.07) is 6.17. The van der Waals surface area contributed by atoms with Gasteiger partial charge in [-0.05, 0) is 31.7 Å². The third-order valence-electron chi connectivity index (χ3n) is 3.20. The minimum atomic E-state index is 0.00914. The number of benzene rings is 1. The lowest BCUT2D eigenvalue weighted by Gasteiger charge is -2.20. The van der Waals surface area contributed by atoms with E-state index >= 15 is 0 Å². The van der Waals surface area contributed by atoms with Gasteiger partial charge in [0.15, 0.2) is 5.75 Å². The van der Waals surface area contributed by atoms with Crippen molar-refractivity contribution in [3.63, 3.8) is 0 Å². The highest BCUT2D eigenvalue weighted by Crippen LogP contribution is 2.34. The van der Waals surface area contributed by atoms with E-state index in [9.17, 15) is 0 Å². The first-order chi connectivity index (χ1) is 9.62. The van der Waals surface area contributed by atoms with Gasteiger partial charge in [-0.25, -0.2) is 0 Å². The van der Waals surface area contributed by atoms with E-state index in [1.165, 1.54) is 0 Å². The number of hydrogen-bond acceptors (Lipinski definition) is 3. The first kappa shape index (κ1) is 15.5. The van der Waals surface area contributed by atoms with Crippen LogP contribution in [0.3, 0.4) is 0 Å². The third-order valence-corrected chi connectivity index (χ3v) is 4.38. The van der Waals surface area contributed by atoms with Crippen molar-refractivity contribution >= 4 is 31.9 Å². The SMILES string of the molecule is CCn1ncc(OC)c1C(NC)c1ccc(Br)cc1Br. The number of nitrogens with zero attached hydrogens (tertiary/aromatic N) is 2. The topological polar surface area (TPSA) is 39.1 Å². The zero-order valence-corrected chi connectivity index (χ0v) is 14.8. The predicted molar refractivity (Wildman–Crippen MR) is 87.2 cm³/mol. The smallest absolute Gasteiger partial charge is 0.161 e. The van der Waals surface area contributed by atoms with Crippen molar-refractivity contribution in [2.45, 2.75) is 19.5 Å². The number of aryl methyl sites for hydroxylation is 1. The van der Waals surface area contributed by atoms with E-state index in [-0.39, 0.29) is 6.04 Å². The fraction of sp³-hybridized carbons (Fsp3) is 0.357. The van der Waals surface area contributed by atoms with Crippen molar-refractivity contribution in [3.05, 3.63) is 44.6 Å². The van der Waals surface area contributed by atoms with Gasteiger partial charge < -0.3 is 10.1 Å². The fourth-order valence-electron chi connectivity index (χ4n) is 2.25. The van der Waals surface area contributed by atoms with Gasteiger partial charge in [-0.15, -0.1) is 0 Å². The molecule has 20 heavy (non-hydrogen) atoms. The van der Waals surface area contributed by atoms with Gasteiger partial charge in [-0.3, -0.25) is 4.68 Å². The molecule has 0 radical (unpaired) electrons. The second-order valence-corrected chi connectivity index (χ2v) is 6.07. The monoisotopic (exact) mass is 401 g/mol.